The van der Waals surface area contributed by atoms with Crippen LogP contribution in [0.5, 0.6) is 17.2 Å². The number of amides is 2. The molecule has 0 radical (unpaired) electrons. The second kappa shape index (κ2) is 14.5. The number of methoxy groups -OCH3 is 2. The number of nitrogens with zero attached hydrogens (tertiary/aromatic N) is 1. The number of ether oxygens (including phenoxy) is 2. The molecule has 0 N–H and O–H groups in total. The first kappa shape index (κ1) is 41.1. The van der Waals surface area contributed by atoms with Crippen molar-refractivity contribution in [2.24, 2.45) is 11.3 Å². The van der Waals surface area contributed by atoms with E-state index in [2.05, 4.69) is 93.5 Å². The molecule has 8 rings (SSSR count). The van der Waals surface area contributed by atoms with Crippen LogP contribution in [0.15, 0.2) is 69.1 Å². The fraction of sp³-hybridized carbons (Fsp3) is 0.480. The van der Waals surface area contributed by atoms with E-state index in [-0.39, 0.29) is 45.3 Å². The highest BCUT2D eigenvalue weighted by Crippen LogP contribution is 2.59. The molecule has 8 nitrogen and oxygen atoms in total. The third-order valence-electron chi connectivity index (χ3n) is 13.6. The monoisotopic (exact) mass is 817 g/mol. The summed E-state index contributed by atoms with van der Waals surface area (Å²) in [5, 5.41) is 1.73. The first-order valence-electron chi connectivity index (χ1n) is 21.2. The molecular weight excluding hydrogens is 758 g/mol. The number of rotatable bonds is 7. The molecule has 2 aliphatic carbocycles. The van der Waals surface area contributed by atoms with Gasteiger partial charge in [-0.2, -0.15) is 0 Å². The number of hydrogen-bond donors (Lipinski definition) is 0. The van der Waals surface area contributed by atoms with Crippen molar-refractivity contribution in [2.75, 3.05) is 20.8 Å². The molecule has 2 heterocycles. The molecule has 0 unspecified atom stereocenters. The van der Waals surface area contributed by atoms with Crippen LogP contribution in [0, 0.1) is 11.3 Å². The van der Waals surface area contributed by atoms with E-state index in [0.29, 0.717) is 28.8 Å². The van der Waals surface area contributed by atoms with Crippen LogP contribution >= 0.6 is 8.24 Å². The molecule has 1 aromatic heterocycles. The molecule has 0 spiro atoms. The van der Waals surface area contributed by atoms with E-state index in [1.165, 1.54) is 16.0 Å². The zero-order chi connectivity index (χ0) is 42.4. The second-order valence-electron chi connectivity index (χ2n) is 20.1. The molecular formula is C50H60NO7P. The summed E-state index contributed by atoms with van der Waals surface area (Å²) in [6.45, 7) is 22.6. The van der Waals surface area contributed by atoms with Gasteiger partial charge in [-0.15, -0.1) is 0 Å². The minimum Gasteiger partial charge on any atom is -0.497 e. The molecule has 59 heavy (non-hydrogen) atoms. The number of aryl methyl sites for hydroxylation is 1. The van der Waals surface area contributed by atoms with Gasteiger partial charge in [0.25, 0.3) is 11.8 Å². The predicted octanol–water partition coefficient (Wildman–Crippen LogP) is 13.2. The second-order valence-corrected chi connectivity index (χ2v) is 21.1. The van der Waals surface area contributed by atoms with Gasteiger partial charge in [0.2, 0.25) is 0 Å². The Morgan fingerprint density at radius 2 is 1.34 bits per heavy atom. The summed E-state index contributed by atoms with van der Waals surface area (Å²) in [6, 6.07) is 20.0. The summed E-state index contributed by atoms with van der Waals surface area (Å²) in [7, 11) is 1.37. The maximum absolute atomic E-state index is 13.6. The highest BCUT2D eigenvalue weighted by atomic mass is 31.1. The van der Waals surface area contributed by atoms with Crippen molar-refractivity contribution in [1.82, 2.24) is 4.90 Å². The van der Waals surface area contributed by atoms with E-state index >= 15 is 0 Å². The van der Waals surface area contributed by atoms with Crippen molar-refractivity contribution >= 4 is 42.0 Å². The summed E-state index contributed by atoms with van der Waals surface area (Å²) in [5.41, 5.74) is 7.12. The molecule has 312 valence electrons. The Balaban J connectivity index is 1.29. The van der Waals surface area contributed by atoms with Gasteiger partial charge in [-0.25, -0.2) is 0 Å². The molecule has 4 aromatic carbocycles. The Kier molecular flexibility index (Phi) is 10.1. The van der Waals surface area contributed by atoms with Gasteiger partial charge in [0.1, 0.15) is 28.4 Å². The van der Waals surface area contributed by atoms with Crippen LogP contribution in [0.3, 0.4) is 0 Å². The van der Waals surface area contributed by atoms with Gasteiger partial charge in [-0.3, -0.25) is 14.5 Å². The molecule has 1 fully saturated rings. The highest BCUT2D eigenvalue weighted by molar-refractivity contribution is 7.32. The minimum absolute atomic E-state index is 0.177. The third kappa shape index (κ3) is 6.93. The van der Waals surface area contributed by atoms with Crippen LogP contribution in [0.1, 0.15) is 149 Å². The van der Waals surface area contributed by atoms with E-state index in [9.17, 15) is 9.59 Å². The number of imide groups is 1. The van der Waals surface area contributed by atoms with E-state index in [1.807, 2.05) is 24.3 Å². The summed E-state index contributed by atoms with van der Waals surface area (Å²) < 4.78 is 33.1. The molecule has 5 aromatic rings. The number of carbonyl (C=O) groups is 2. The number of fused-ring (bicyclic) bond motifs is 7. The topological polar surface area (TPSA) is 91.4 Å². The fourth-order valence-corrected chi connectivity index (χ4v) is 11.7. The average Bonchev–Trinajstić information content (AvgIpc) is 3.30. The van der Waals surface area contributed by atoms with Crippen molar-refractivity contribution in [3.05, 3.63) is 99.6 Å². The minimum atomic E-state index is -2.02. The van der Waals surface area contributed by atoms with E-state index in [4.69, 9.17) is 22.4 Å². The van der Waals surface area contributed by atoms with Gasteiger partial charge in [-0.05, 0) is 118 Å². The van der Waals surface area contributed by atoms with Gasteiger partial charge in [0.15, 0.2) is 0 Å². The number of hydrogen-bond acceptors (Lipinski definition) is 7. The molecule has 0 saturated heterocycles. The average molecular weight is 818 g/mol. The van der Waals surface area contributed by atoms with Crippen LogP contribution in [0.4, 0.5) is 0 Å². The summed E-state index contributed by atoms with van der Waals surface area (Å²) in [4.78, 5) is 28.8. The maximum Gasteiger partial charge on any atom is 0.453 e. The first-order chi connectivity index (χ1) is 27.8. The smallest absolute Gasteiger partial charge is 0.453 e. The lowest BCUT2D eigenvalue weighted by atomic mass is 9.49. The van der Waals surface area contributed by atoms with Gasteiger partial charge in [0.05, 0.1) is 25.3 Å². The van der Waals surface area contributed by atoms with Gasteiger partial charge < -0.3 is 22.4 Å². The van der Waals surface area contributed by atoms with Crippen molar-refractivity contribution < 1.29 is 32.0 Å². The van der Waals surface area contributed by atoms with Crippen molar-refractivity contribution in [3.63, 3.8) is 0 Å². The van der Waals surface area contributed by atoms with Gasteiger partial charge in [0, 0.05) is 28.4 Å². The maximum atomic E-state index is 13.6. The lowest BCUT2D eigenvalue weighted by Crippen LogP contribution is -2.54. The lowest BCUT2D eigenvalue weighted by molar-refractivity contribution is 0.00192. The molecule has 0 bridgehead atoms. The van der Waals surface area contributed by atoms with Crippen molar-refractivity contribution in [1.29, 1.82) is 0 Å². The highest BCUT2D eigenvalue weighted by Gasteiger charge is 2.54. The van der Waals surface area contributed by atoms with Crippen molar-refractivity contribution in [2.45, 2.75) is 124 Å². The molecule has 1 aliphatic heterocycles. The Hall–Kier alpha value is -4.68. The van der Waals surface area contributed by atoms with Crippen LogP contribution < -0.4 is 14.0 Å². The Morgan fingerprint density at radius 3 is 1.83 bits per heavy atom. The SMILES string of the molecule is COc1cc(C(C)(C)C)c2op(Oc3cc4c(cc3C(C)C)CC[C@H]3[C@](C)(CN5C(=O)c6ccccc6C5=O)CCC[C@]43C)oc3c(C(C)(C)C)cc(OC)cc3c2c1. The van der Waals surface area contributed by atoms with Crippen LogP contribution in [-0.2, 0) is 22.7 Å². The van der Waals surface area contributed by atoms with E-state index in [0.717, 1.165) is 76.8 Å². The summed E-state index contributed by atoms with van der Waals surface area (Å²) in [6.07, 6.45) is 4.88. The Bertz CT molecular complexity index is 2440. The van der Waals surface area contributed by atoms with Crippen LogP contribution in [-0.4, -0.2) is 37.5 Å². The normalized spacial score (nSPS) is 21.8. The van der Waals surface area contributed by atoms with Crippen LogP contribution in [0.2, 0.25) is 0 Å². The molecule has 3 aliphatic rings. The predicted molar refractivity (Wildman–Crippen MR) is 236 cm³/mol. The molecule has 3 atom stereocenters. The van der Waals surface area contributed by atoms with E-state index in [1.54, 1.807) is 26.4 Å². The molecule has 2 amide bonds. The standard InChI is InChI=1S/C50H60NO7P/c1-29(2)35-22-30-18-19-42-49(9,28-51-45(52)33-16-13-14-17-34(33)46(51)53)20-15-21-50(42,10)38(30)27-41(35)56-59-57-43-36(23-31(54-11)25-39(43)47(3,4)5)37-24-32(55-12)26-40(44(37)58-59)48(6,7)8/h13-14,16-17,22-27,29,42H,15,18-21,28H2,1-12H3/t42-,49-,50+/m0/s1. The Labute approximate surface area is 350 Å². The quantitative estimate of drug-likeness (QED) is 0.151. The first-order valence-corrected chi connectivity index (χ1v) is 22.3. The van der Waals surface area contributed by atoms with Gasteiger partial charge >= 0.3 is 8.24 Å². The van der Waals surface area contributed by atoms with Gasteiger partial charge in [-0.1, -0.05) is 93.9 Å². The zero-order valence-corrected chi connectivity index (χ0v) is 37.8. The number of benzene rings is 4. The van der Waals surface area contributed by atoms with E-state index < -0.39 is 8.24 Å². The zero-order valence-electron chi connectivity index (χ0n) is 36.9. The number of carbonyl (C=O) groups excluding carboxylic acids is 2. The van der Waals surface area contributed by atoms with Crippen LogP contribution in [0.25, 0.3) is 21.9 Å². The summed E-state index contributed by atoms with van der Waals surface area (Å²) in [5.74, 6) is 2.31. The molecule has 1 saturated carbocycles. The van der Waals surface area contributed by atoms with Crippen molar-refractivity contribution in [3.8, 4) is 17.2 Å². The molecule has 9 heteroatoms. The third-order valence-corrected chi connectivity index (χ3v) is 14.6. The lowest BCUT2D eigenvalue weighted by Gasteiger charge is -2.56. The Morgan fingerprint density at radius 1 is 0.797 bits per heavy atom. The summed E-state index contributed by atoms with van der Waals surface area (Å²) >= 11 is 0. The fourth-order valence-electron chi connectivity index (χ4n) is 10.5. The largest absolute Gasteiger partial charge is 0.497 e.